The Hall–Kier alpha value is -2.75. The van der Waals surface area contributed by atoms with E-state index in [1.54, 1.807) is 0 Å². The van der Waals surface area contributed by atoms with Crippen LogP contribution in [-0.2, 0) is 4.79 Å². The first-order valence-electron chi connectivity index (χ1n) is 10.8. The van der Waals surface area contributed by atoms with Gasteiger partial charge < -0.3 is 15.1 Å². The summed E-state index contributed by atoms with van der Waals surface area (Å²) in [4.78, 5) is 17.1. The molecule has 1 fully saturated rings. The minimum absolute atomic E-state index is 0.181. The van der Waals surface area contributed by atoms with E-state index in [2.05, 4.69) is 75.1 Å². The molecule has 1 saturated heterocycles. The van der Waals surface area contributed by atoms with Crippen molar-refractivity contribution in [2.75, 3.05) is 30.4 Å². The van der Waals surface area contributed by atoms with Gasteiger partial charge in [0.1, 0.15) is 0 Å². The molecule has 3 rings (SSSR count). The summed E-state index contributed by atoms with van der Waals surface area (Å²) in [5, 5.41) is 3.83. The molecule has 1 spiro atoms. The Bertz CT molecular complexity index is 874. The second-order valence-electron chi connectivity index (χ2n) is 8.80. The maximum Gasteiger partial charge on any atom is 0.226 e. The number of likely N-dealkylation sites (N-methyl/N-ethyl adjacent to an activating group) is 1. The lowest BCUT2D eigenvalue weighted by Gasteiger charge is -2.50. The van der Waals surface area contributed by atoms with E-state index in [0.717, 1.165) is 43.6 Å². The quantitative estimate of drug-likeness (QED) is 0.640. The molecule has 0 saturated carbocycles. The summed E-state index contributed by atoms with van der Waals surface area (Å²) in [7, 11) is 2.12. The topological polar surface area (TPSA) is 35.6 Å². The first-order chi connectivity index (χ1) is 14.3. The standard InChI is InChI=1S/C26H35N3O/c1-7-9-24-26(27-22-17-20(4)10-11-23(22)28(24)6)12-14-29(15-13-26)25(30)18-21(5)16-19(3)8-2/h7-11,17,19,27H,1-2,5,12-16,18H2,3-4,6H3/b24-9-. The fourth-order valence-corrected chi connectivity index (χ4v) is 4.65. The molecule has 1 amide bonds. The Kier molecular flexibility index (Phi) is 6.55. The van der Waals surface area contributed by atoms with Gasteiger partial charge in [0, 0.05) is 32.3 Å². The smallest absolute Gasteiger partial charge is 0.226 e. The van der Waals surface area contributed by atoms with Crippen molar-refractivity contribution in [2.45, 2.75) is 45.1 Å². The van der Waals surface area contributed by atoms with Gasteiger partial charge in [-0.05, 0) is 55.9 Å². The average Bonchev–Trinajstić information content (AvgIpc) is 2.71. The second kappa shape index (κ2) is 8.95. The molecule has 0 bridgehead atoms. The normalized spacial score (nSPS) is 19.8. The van der Waals surface area contributed by atoms with Crippen LogP contribution in [0.2, 0.25) is 0 Å². The maximum absolute atomic E-state index is 12.8. The molecule has 0 radical (unpaired) electrons. The SMILES string of the molecule is C=C/C=C1\N(C)c2ccc(C)cc2NC12CCN(C(=O)CC(=C)CC(C)C=C)CC2. The zero-order chi connectivity index (χ0) is 21.9. The maximum atomic E-state index is 12.8. The fraction of sp³-hybridized carbons (Fsp3) is 0.423. The van der Waals surface area contributed by atoms with Gasteiger partial charge >= 0.3 is 0 Å². The first kappa shape index (κ1) is 21.9. The Morgan fingerprint density at radius 3 is 2.63 bits per heavy atom. The van der Waals surface area contributed by atoms with Crippen molar-refractivity contribution in [3.63, 3.8) is 0 Å². The van der Waals surface area contributed by atoms with Crippen molar-refractivity contribution in [1.29, 1.82) is 0 Å². The zero-order valence-electron chi connectivity index (χ0n) is 18.7. The molecule has 4 nitrogen and oxygen atoms in total. The second-order valence-corrected chi connectivity index (χ2v) is 8.80. The predicted octanol–water partition coefficient (Wildman–Crippen LogP) is 5.45. The largest absolute Gasteiger partial charge is 0.372 e. The summed E-state index contributed by atoms with van der Waals surface area (Å²) in [6.45, 7) is 17.5. The molecular weight excluding hydrogens is 370 g/mol. The van der Waals surface area contributed by atoms with Crippen molar-refractivity contribution >= 4 is 17.3 Å². The minimum Gasteiger partial charge on any atom is -0.372 e. The van der Waals surface area contributed by atoms with E-state index in [-0.39, 0.29) is 11.4 Å². The number of likely N-dealkylation sites (tertiary alicyclic amines) is 1. The van der Waals surface area contributed by atoms with Gasteiger partial charge in [-0.15, -0.1) is 6.58 Å². The van der Waals surface area contributed by atoms with Gasteiger partial charge in [0.2, 0.25) is 5.91 Å². The molecule has 1 aromatic rings. The molecule has 2 heterocycles. The molecule has 160 valence electrons. The summed E-state index contributed by atoms with van der Waals surface area (Å²) in [5.41, 5.74) is 5.58. The molecule has 30 heavy (non-hydrogen) atoms. The third-order valence-corrected chi connectivity index (χ3v) is 6.40. The summed E-state index contributed by atoms with van der Waals surface area (Å²) in [6, 6.07) is 6.51. The summed E-state index contributed by atoms with van der Waals surface area (Å²) in [5.74, 6) is 0.535. The van der Waals surface area contributed by atoms with Crippen molar-refractivity contribution in [2.24, 2.45) is 5.92 Å². The van der Waals surface area contributed by atoms with E-state index in [1.165, 1.54) is 16.9 Å². The average molecular weight is 406 g/mol. The van der Waals surface area contributed by atoms with Gasteiger partial charge in [0.25, 0.3) is 0 Å². The Labute approximate surface area is 181 Å². The fourth-order valence-electron chi connectivity index (χ4n) is 4.65. The van der Waals surface area contributed by atoms with E-state index in [4.69, 9.17) is 0 Å². The van der Waals surface area contributed by atoms with Crippen LogP contribution in [0.1, 0.15) is 38.2 Å². The van der Waals surface area contributed by atoms with Gasteiger partial charge in [-0.2, -0.15) is 0 Å². The molecule has 4 heteroatoms. The summed E-state index contributed by atoms with van der Waals surface area (Å²) < 4.78 is 0. The third-order valence-electron chi connectivity index (χ3n) is 6.40. The number of carbonyl (C=O) groups is 1. The van der Waals surface area contributed by atoms with Crippen LogP contribution in [0, 0.1) is 12.8 Å². The van der Waals surface area contributed by atoms with Crippen molar-refractivity contribution in [1.82, 2.24) is 4.90 Å². The van der Waals surface area contributed by atoms with Gasteiger partial charge in [-0.3, -0.25) is 4.79 Å². The Balaban J connectivity index is 1.74. The highest BCUT2D eigenvalue weighted by molar-refractivity contribution is 5.80. The van der Waals surface area contributed by atoms with Gasteiger partial charge in [0.15, 0.2) is 0 Å². The van der Waals surface area contributed by atoms with E-state index in [9.17, 15) is 4.79 Å². The van der Waals surface area contributed by atoms with E-state index >= 15 is 0 Å². The molecule has 0 aromatic heterocycles. The van der Waals surface area contributed by atoms with Crippen molar-refractivity contribution in [3.8, 4) is 0 Å². The number of anilines is 2. The number of amides is 1. The number of allylic oxidation sites excluding steroid dienone is 3. The summed E-state index contributed by atoms with van der Waals surface area (Å²) >= 11 is 0. The number of hydrogen-bond acceptors (Lipinski definition) is 3. The number of carbonyl (C=O) groups excluding carboxylic acids is 1. The van der Waals surface area contributed by atoms with Crippen LogP contribution in [-0.4, -0.2) is 36.5 Å². The zero-order valence-corrected chi connectivity index (χ0v) is 18.7. The van der Waals surface area contributed by atoms with Crippen LogP contribution in [0.4, 0.5) is 11.4 Å². The van der Waals surface area contributed by atoms with Crippen LogP contribution in [0.3, 0.4) is 0 Å². The summed E-state index contributed by atoms with van der Waals surface area (Å²) in [6.07, 6.45) is 8.86. The molecular formula is C26H35N3O. The Morgan fingerprint density at radius 1 is 1.30 bits per heavy atom. The van der Waals surface area contributed by atoms with Crippen LogP contribution in [0.5, 0.6) is 0 Å². The van der Waals surface area contributed by atoms with E-state index in [0.29, 0.717) is 12.3 Å². The first-order valence-corrected chi connectivity index (χ1v) is 10.8. The number of benzene rings is 1. The van der Waals surface area contributed by atoms with Crippen LogP contribution < -0.4 is 10.2 Å². The number of hydrogen-bond donors (Lipinski definition) is 1. The molecule has 2 aliphatic heterocycles. The highest BCUT2D eigenvalue weighted by Gasteiger charge is 2.43. The van der Waals surface area contributed by atoms with Crippen LogP contribution >= 0.6 is 0 Å². The predicted molar refractivity (Wildman–Crippen MR) is 128 cm³/mol. The molecule has 1 unspecified atom stereocenters. The van der Waals surface area contributed by atoms with Crippen LogP contribution in [0.15, 0.2) is 67.4 Å². The Morgan fingerprint density at radius 2 is 2.00 bits per heavy atom. The number of nitrogens with zero attached hydrogens (tertiary/aromatic N) is 2. The lowest BCUT2D eigenvalue weighted by molar-refractivity contribution is -0.131. The highest BCUT2D eigenvalue weighted by atomic mass is 16.2. The van der Waals surface area contributed by atoms with Crippen molar-refractivity contribution in [3.05, 3.63) is 73.0 Å². The minimum atomic E-state index is -0.186. The van der Waals surface area contributed by atoms with Gasteiger partial charge in [-0.1, -0.05) is 43.9 Å². The van der Waals surface area contributed by atoms with Crippen LogP contribution in [0.25, 0.3) is 0 Å². The molecule has 1 N–H and O–H groups in total. The van der Waals surface area contributed by atoms with Gasteiger partial charge in [-0.25, -0.2) is 0 Å². The lowest BCUT2D eigenvalue weighted by Crippen LogP contribution is -2.56. The molecule has 0 aliphatic carbocycles. The van der Waals surface area contributed by atoms with Crippen molar-refractivity contribution < 1.29 is 4.79 Å². The monoisotopic (exact) mass is 405 g/mol. The number of nitrogens with one attached hydrogen (secondary N) is 1. The number of piperidine rings is 1. The molecule has 1 aromatic carbocycles. The van der Waals surface area contributed by atoms with E-state index < -0.39 is 0 Å². The highest BCUT2D eigenvalue weighted by Crippen LogP contribution is 2.44. The third kappa shape index (κ3) is 4.38. The number of rotatable bonds is 6. The number of aryl methyl sites for hydroxylation is 1. The number of fused-ring (bicyclic) bond motifs is 1. The van der Waals surface area contributed by atoms with E-state index in [1.807, 2.05) is 17.1 Å². The molecule has 1 atom stereocenters. The lowest BCUT2D eigenvalue weighted by atomic mass is 9.80. The molecule has 2 aliphatic rings. The van der Waals surface area contributed by atoms with Gasteiger partial charge in [0.05, 0.1) is 16.9 Å².